The van der Waals surface area contributed by atoms with Crippen molar-refractivity contribution in [2.24, 2.45) is 0 Å². The minimum Gasteiger partial charge on any atom is -0.493 e. The minimum atomic E-state index is 0.249. The lowest BCUT2D eigenvalue weighted by Crippen LogP contribution is -2.27. The Morgan fingerprint density at radius 1 is 1.07 bits per heavy atom. The average molecular weight is 415 g/mol. The number of amides is 1. The van der Waals surface area contributed by atoms with Gasteiger partial charge >= 0.3 is 0 Å². The number of aryl methyl sites for hydroxylation is 1. The highest BCUT2D eigenvalue weighted by molar-refractivity contribution is 5.78. The van der Waals surface area contributed by atoms with E-state index in [1.54, 1.807) is 21.3 Å². The van der Waals surface area contributed by atoms with Crippen LogP contribution in [0.3, 0.4) is 0 Å². The quantitative estimate of drug-likeness (QED) is 0.572. The molecule has 1 aliphatic rings. The molecule has 0 spiro atoms. The van der Waals surface area contributed by atoms with Crippen molar-refractivity contribution in [2.45, 2.75) is 26.2 Å². The van der Waals surface area contributed by atoms with Gasteiger partial charge in [-0.1, -0.05) is 0 Å². The van der Waals surface area contributed by atoms with Crippen molar-refractivity contribution >= 4 is 23.4 Å². The molecule has 0 aliphatic carbocycles. The molecule has 0 atom stereocenters. The Labute approximate surface area is 176 Å². The Morgan fingerprint density at radius 3 is 2.40 bits per heavy atom. The monoisotopic (exact) mass is 415 g/mol. The lowest BCUT2D eigenvalue weighted by molar-refractivity contribution is -0.127. The number of anilines is 3. The first-order valence-corrected chi connectivity index (χ1v) is 9.98. The highest BCUT2D eigenvalue weighted by Gasteiger charge is 2.19. The van der Waals surface area contributed by atoms with Crippen LogP contribution in [0.1, 0.15) is 25.0 Å². The molecule has 2 aromatic rings. The van der Waals surface area contributed by atoms with Crippen LogP contribution in [-0.2, 0) is 4.79 Å². The Bertz CT molecular complexity index is 865. The molecule has 2 heterocycles. The van der Waals surface area contributed by atoms with Gasteiger partial charge in [0.25, 0.3) is 0 Å². The van der Waals surface area contributed by atoms with Gasteiger partial charge in [0.1, 0.15) is 5.82 Å². The molecule has 9 heteroatoms. The molecule has 2 N–H and O–H groups in total. The van der Waals surface area contributed by atoms with Gasteiger partial charge in [0, 0.05) is 55.6 Å². The summed E-state index contributed by atoms with van der Waals surface area (Å²) >= 11 is 0. The Balaban J connectivity index is 1.65. The number of aromatic nitrogens is 2. The second kappa shape index (κ2) is 10.00. The lowest BCUT2D eigenvalue weighted by Gasteiger charge is -2.16. The summed E-state index contributed by atoms with van der Waals surface area (Å²) in [5.74, 6) is 3.08. The van der Waals surface area contributed by atoms with E-state index in [2.05, 4.69) is 20.6 Å². The normalized spacial score (nSPS) is 13.3. The molecule has 3 rings (SSSR count). The maximum absolute atomic E-state index is 11.7. The van der Waals surface area contributed by atoms with Crippen LogP contribution in [0.15, 0.2) is 18.2 Å². The van der Waals surface area contributed by atoms with Gasteiger partial charge in [0.2, 0.25) is 17.6 Å². The van der Waals surface area contributed by atoms with E-state index in [4.69, 9.17) is 14.2 Å². The van der Waals surface area contributed by atoms with Gasteiger partial charge in [-0.2, -0.15) is 4.98 Å². The van der Waals surface area contributed by atoms with E-state index < -0.39 is 0 Å². The van der Waals surface area contributed by atoms with Gasteiger partial charge in [-0.05, 0) is 19.8 Å². The van der Waals surface area contributed by atoms with Crippen molar-refractivity contribution in [1.29, 1.82) is 0 Å². The van der Waals surface area contributed by atoms with Crippen LogP contribution in [0, 0.1) is 6.92 Å². The standard InChI is InChI=1S/C21H29N5O4/c1-14-11-18(24-15-12-16(28-2)20(30-4)17(13-15)29-3)25-21(23-14)22-8-6-10-26-9-5-7-19(26)27/h11-13H,5-10H2,1-4H3,(H2,22,23,24,25). The van der Waals surface area contributed by atoms with Crippen molar-refractivity contribution in [1.82, 2.24) is 14.9 Å². The van der Waals surface area contributed by atoms with E-state index in [9.17, 15) is 4.79 Å². The third kappa shape index (κ3) is 5.22. The van der Waals surface area contributed by atoms with Crippen LogP contribution < -0.4 is 24.8 Å². The van der Waals surface area contributed by atoms with Crippen molar-refractivity contribution < 1.29 is 19.0 Å². The number of nitrogens with one attached hydrogen (secondary N) is 2. The van der Waals surface area contributed by atoms with Crippen molar-refractivity contribution in [3.63, 3.8) is 0 Å². The van der Waals surface area contributed by atoms with Gasteiger partial charge in [0.15, 0.2) is 11.5 Å². The zero-order valence-electron chi connectivity index (χ0n) is 17.9. The number of hydrogen-bond acceptors (Lipinski definition) is 8. The summed E-state index contributed by atoms with van der Waals surface area (Å²) in [5, 5.41) is 6.51. The molecule has 1 fully saturated rings. The topological polar surface area (TPSA) is 97.8 Å². The third-order valence-electron chi connectivity index (χ3n) is 4.85. The first kappa shape index (κ1) is 21.5. The molecule has 0 unspecified atom stereocenters. The maximum atomic E-state index is 11.7. The van der Waals surface area contributed by atoms with E-state index in [1.165, 1.54) is 0 Å². The largest absolute Gasteiger partial charge is 0.493 e. The summed E-state index contributed by atoms with van der Waals surface area (Å²) in [6.07, 6.45) is 2.48. The third-order valence-corrected chi connectivity index (χ3v) is 4.85. The first-order valence-electron chi connectivity index (χ1n) is 9.98. The molecule has 0 saturated carbocycles. The van der Waals surface area contributed by atoms with Gasteiger partial charge in [-0.25, -0.2) is 4.98 Å². The minimum absolute atomic E-state index is 0.249. The predicted octanol–water partition coefficient (Wildman–Crippen LogP) is 2.98. The van der Waals surface area contributed by atoms with Crippen molar-refractivity contribution in [3.05, 3.63) is 23.9 Å². The number of nitrogens with zero attached hydrogens (tertiary/aromatic N) is 3. The molecule has 9 nitrogen and oxygen atoms in total. The summed E-state index contributed by atoms with van der Waals surface area (Å²) in [7, 11) is 4.72. The SMILES string of the molecule is COc1cc(Nc2cc(C)nc(NCCCN3CCCC3=O)n2)cc(OC)c1OC. The van der Waals surface area contributed by atoms with Crippen LogP contribution >= 0.6 is 0 Å². The Morgan fingerprint density at radius 2 is 1.80 bits per heavy atom. The second-order valence-corrected chi connectivity index (χ2v) is 7.02. The molecule has 1 aromatic carbocycles. The summed E-state index contributed by atoms with van der Waals surface area (Å²) in [5.41, 5.74) is 1.58. The summed E-state index contributed by atoms with van der Waals surface area (Å²) in [4.78, 5) is 22.6. The predicted molar refractivity (Wildman–Crippen MR) is 115 cm³/mol. The lowest BCUT2D eigenvalue weighted by atomic mass is 10.2. The van der Waals surface area contributed by atoms with Gasteiger partial charge in [0.05, 0.1) is 21.3 Å². The molecule has 1 saturated heterocycles. The summed E-state index contributed by atoms with van der Waals surface area (Å²) in [6, 6.07) is 5.50. The number of ether oxygens (including phenoxy) is 3. The van der Waals surface area contributed by atoms with Crippen molar-refractivity contribution in [3.8, 4) is 17.2 Å². The van der Waals surface area contributed by atoms with Gasteiger partial charge in [-0.15, -0.1) is 0 Å². The molecule has 30 heavy (non-hydrogen) atoms. The molecule has 1 amide bonds. The maximum Gasteiger partial charge on any atom is 0.224 e. The number of carbonyl (C=O) groups is 1. The molecule has 162 valence electrons. The van der Waals surface area contributed by atoms with E-state index >= 15 is 0 Å². The molecular weight excluding hydrogens is 386 g/mol. The number of benzene rings is 1. The molecule has 1 aliphatic heterocycles. The highest BCUT2D eigenvalue weighted by atomic mass is 16.5. The van der Waals surface area contributed by atoms with Crippen LogP contribution in [0.2, 0.25) is 0 Å². The van der Waals surface area contributed by atoms with Gasteiger partial charge < -0.3 is 29.7 Å². The fourth-order valence-corrected chi connectivity index (χ4v) is 3.42. The van der Waals surface area contributed by atoms with Crippen LogP contribution in [0.4, 0.5) is 17.5 Å². The van der Waals surface area contributed by atoms with Crippen LogP contribution in [-0.4, -0.2) is 61.7 Å². The number of likely N-dealkylation sites (tertiary alicyclic amines) is 1. The number of methoxy groups -OCH3 is 3. The van der Waals surface area contributed by atoms with E-state index in [0.29, 0.717) is 42.0 Å². The van der Waals surface area contributed by atoms with Crippen LogP contribution in [0.25, 0.3) is 0 Å². The van der Waals surface area contributed by atoms with Gasteiger partial charge in [-0.3, -0.25) is 4.79 Å². The van der Waals surface area contributed by atoms with E-state index in [-0.39, 0.29) is 5.91 Å². The Kier molecular flexibility index (Phi) is 7.16. The zero-order chi connectivity index (χ0) is 21.5. The summed E-state index contributed by atoms with van der Waals surface area (Å²) < 4.78 is 16.2. The van der Waals surface area contributed by atoms with Crippen molar-refractivity contribution in [2.75, 3.05) is 51.6 Å². The Hall–Kier alpha value is -3.23. The number of hydrogen-bond donors (Lipinski definition) is 2. The van der Waals surface area contributed by atoms with E-state index in [0.717, 1.165) is 37.3 Å². The van der Waals surface area contributed by atoms with Crippen LogP contribution in [0.5, 0.6) is 17.2 Å². The molecule has 1 aromatic heterocycles. The molecular formula is C21H29N5O4. The number of rotatable bonds is 10. The number of carbonyl (C=O) groups excluding carboxylic acids is 1. The van der Waals surface area contributed by atoms with E-state index in [1.807, 2.05) is 30.0 Å². The second-order valence-electron chi connectivity index (χ2n) is 7.02. The smallest absolute Gasteiger partial charge is 0.224 e. The first-order chi connectivity index (χ1) is 14.5. The fraction of sp³-hybridized carbons (Fsp3) is 0.476. The molecule has 0 radical (unpaired) electrons. The highest BCUT2D eigenvalue weighted by Crippen LogP contribution is 2.40. The fourth-order valence-electron chi connectivity index (χ4n) is 3.42. The molecule has 0 bridgehead atoms. The zero-order valence-corrected chi connectivity index (χ0v) is 17.9. The summed E-state index contributed by atoms with van der Waals surface area (Å²) in [6.45, 7) is 4.23. The average Bonchev–Trinajstić information content (AvgIpc) is 3.14.